The number of aromatic amines is 1. The summed E-state index contributed by atoms with van der Waals surface area (Å²) in [6.07, 6.45) is 3.46. The molecule has 0 spiro atoms. The van der Waals surface area contributed by atoms with Gasteiger partial charge in [0.15, 0.2) is 0 Å². The highest BCUT2D eigenvalue weighted by atomic mass is 19.1. The predicted molar refractivity (Wildman–Crippen MR) is 87.5 cm³/mol. The number of pyridine rings is 1. The zero-order valence-corrected chi connectivity index (χ0v) is 13.1. The van der Waals surface area contributed by atoms with Gasteiger partial charge in [0.05, 0.1) is 0 Å². The van der Waals surface area contributed by atoms with E-state index < -0.39 is 0 Å². The molecule has 0 aliphatic heterocycles. The fourth-order valence-corrected chi connectivity index (χ4v) is 2.55. The third-order valence-corrected chi connectivity index (χ3v) is 3.77. The first-order chi connectivity index (χ1) is 11.0. The van der Waals surface area contributed by atoms with Gasteiger partial charge in [0.1, 0.15) is 11.5 Å². The number of H-pyrrole nitrogens is 1. The number of nitrogens with zero attached hydrogens (tertiary/aromatic N) is 2. The number of nitrogens with one attached hydrogen (secondary N) is 1. The van der Waals surface area contributed by atoms with Crippen LogP contribution < -0.4 is 0 Å². The summed E-state index contributed by atoms with van der Waals surface area (Å²) in [5.41, 5.74) is 2.05. The maximum Gasteiger partial charge on any atom is 0.270 e. The monoisotopic (exact) mass is 311 g/mol. The lowest BCUT2D eigenvalue weighted by Crippen LogP contribution is -2.36. The van der Waals surface area contributed by atoms with Crippen LogP contribution in [0.4, 0.5) is 4.39 Å². The molecule has 0 atom stereocenters. The zero-order chi connectivity index (χ0) is 16.4. The van der Waals surface area contributed by atoms with E-state index in [1.54, 1.807) is 29.4 Å². The van der Waals surface area contributed by atoms with Crippen LogP contribution in [0.5, 0.6) is 0 Å². The van der Waals surface area contributed by atoms with Crippen molar-refractivity contribution in [2.45, 2.75) is 26.4 Å². The molecular formula is C18H18FN3O. The molecule has 5 heteroatoms. The molecule has 3 rings (SSSR count). The summed E-state index contributed by atoms with van der Waals surface area (Å²) in [7, 11) is 0. The standard InChI is InChI=1S/C18H18FN3O/c1-12(2)22(11-13-4-3-7-20-10-13)18(23)17-8-14-5-6-15(19)9-16(14)21-17/h3-10,12,21H,11H2,1-2H3. The van der Waals surface area contributed by atoms with Gasteiger partial charge in [-0.3, -0.25) is 9.78 Å². The van der Waals surface area contributed by atoms with Gasteiger partial charge in [0, 0.05) is 35.9 Å². The number of hydrogen-bond donors (Lipinski definition) is 1. The van der Waals surface area contributed by atoms with Gasteiger partial charge in [-0.15, -0.1) is 0 Å². The number of halogens is 1. The van der Waals surface area contributed by atoms with Crippen LogP contribution >= 0.6 is 0 Å². The first-order valence-electron chi connectivity index (χ1n) is 7.53. The Morgan fingerprint density at radius 1 is 1.30 bits per heavy atom. The number of rotatable bonds is 4. The second-order valence-corrected chi connectivity index (χ2v) is 5.80. The SMILES string of the molecule is CC(C)N(Cc1cccnc1)C(=O)c1cc2ccc(F)cc2[nH]1. The Morgan fingerprint density at radius 2 is 2.13 bits per heavy atom. The molecule has 23 heavy (non-hydrogen) atoms. The highest BCUT2D eigenvalue weighted by molar-refractivity contribution is 5.98. The van der Waals surface area contributed by atoms with Crippen LogP contribution in [-0.4, -0.2) is 26.8 Å². The van der Waals surface area contributed by atoms with E-state index in [2.05, 4.69) is 9.97 Å². The fraction of sp³-hybridized carbons (Fsp3) is 0.222. The van der Waals surface area contributed by atoms with Crippen LogP contribution in [0.1, 0.15) is 29.9 Å². The average Bonchev–Trinajstić information content (AvgIpc) is 2.95. The molecule has 2 heterocycles. The molecule has 1 N–H and O–H groups in total. The molecule has 2 aromatic heterocycles. The summed E-state index contributed by atoms with van der Waals surface area (Å²) < 4.78 is 13.3. The molecule has 0 aliphatic rings. The molecule has 0 unspecified atom stereocenters. The van der Waals surface area contributed by atoms with Gasteiger partial charge in [0.25, 0.3) is 5.91 Å². The third-order valence-electron chi connectivity index (χ3n) is 3.77. The Balaban J connectivity index is 1.90. The van der Waals surface area contributed by atoms with Crippen molar-refractivity contribution < 1.29 is 9.18 Å². The van der Waals surface area contributed by atoms with Crippen LogP contribution in [-0.2, 0) is 6.54 Å². The van der Waals surface area contributed by atoms with Gasteiger partial charge in [-0.1, -0.05) is 6.07 Å². The van der Waals surface area contributed by atoms with E-state index >= 15 is 0 Å². The van der Waals surface area contributed by atoms with E-state index in [0.717, 1.165) is 10.9 Å². The lowest BCUT2D eigenvalue weighted by atomic mass is 10.2. The van der Waals surface area contributed by atoms with Crippen molar-refractivity contribution in [2.75, 3.05) is 0 Å². The molecule has 118 valence electrons. The molecule has 3 aromatic rings. The van der Waals surface area contributed by atoms with Crippen LogP contribution in [0.2, 0.25) is 0 Å². The molecule has 0 fully saturated rings. The van der Waals surface area contributed by atoms with E-state index in [0.29, 0.717) is 17.8 Å². The summed E-state index contributed by atoms with van der Waals surface area (Å²) in [6.45, 7) is 4.42. The Bertz CT molecular complexity index is 827. The molecule has 1 amide bonds. The number of amides is 1. The summed E-state index contributed by atoms with van der Waals surface area (Å²) >= 11 is 0. The molecule has 0 saturated carbocycles. The minimum Gasteiger partial charge on any atom is -0.350 e. The lowest BCUT2D eigenvalue weighted by molar-refractivity contribution is 0.0685. The zero-order valence-electron chi connectivity index (χ0n) is 13.1. The van der Waals surface area contributed by atoms with Crippen molar-refractivity contribution >= 4 is 16.8 Å². The predicted octanol–water partition coefficient (Wildman–Crippen LogP) is 3.75. The minimum absolute atomic E-state index is 0.0332. The van der Waals surface area contributed by atoms with Crippen molar-refractivity contribution in [3.63, 3.8) is 0 Å². The Kier molecular flexibility index (Phi) is 4.10. The van der Waals surface area contributed by atoms with Gasteiger partial charge in [-0.2, -0.15) is 0 Å². The summed E-state index contributed by atoms with van der Waals surface area (Å²) in [4.78, 5) is 21.7. The number of benzene rings is 1. The highest BCUT2D eigenvalue weighted by Crippen LogP contribution is 2.19. The molecule has 0 saturated heterocycles. The maximum atomic E-state index is 13.3. The van der Waals surface area contributed by atoms with Crippen LogP contribution in [0.25, 0.3) is 10.9 Å². The van der Waals surface area contributed by atoms with Crippen molar-refractivity contribution in [1.82, 2.24) is 14.9 Å². The van der Waals surface area contributed by atoms with E-state index in [-0.39, 0.29) is 17.8 Å². The summed E-state index contributed by atoms with van der Waals surface area (Å²) in [5, 5.41) is 0.819. The molecule has 0 aliphatic carbocycles. The number of fused-ring (bicyclic) bond motifs is 1. The summed E-state index contributed by atoms with van der Waals surface area (Å²) in [6, 6.07) is 10.0. The minimum atomic E-state index is -0.325. The highest BCUT2D eigenvalue weighted by Gasteiger charge is 2.21. The van der Waals surface area contributed by atoms with Crippen molar-refractivity contribution in [3.8, 4) is 0 Å². The van der Waals surface area contributed by atoms with Gasteiger partial charge < -0.3 is 9.88 Å². The summed E-state index contributed by atoms with van der Waals surface area (Å²) in [5.74, 6) is -0.435. The van der Waals surface area contributed by atoms with Crippen molar-refractivity contribution in [1.29, 1.82) is 0 Å². The molecular weight excluding hydrogens is 293 g/mol. The molecule has 0 bridgehead atoms. The average molecular weight is 311 g/mol. The Labute approximate surface area is 134 Å². The second-order valence-electron chi connectivity index (χ2n) is 5.80. The van der Waals surface area contributed by atoms with Gasteiger partial charge in [-0.05, 0) is 49.7 Å². The van der Waals surface area contributed by atoms with Gasteiger partial charge in [0.2, 0.25) is 0 Å². The second kappa shape index (κ2) is 6.20. The largest absolute Gasteiger partial charge is 0.350 e. The first kappa shape index (κ1) is 15.2. The lowest BCUT2D eigenvalue weighted by Gasteiger charge is -2.26. The number of carbonyl (C=O) groups is 1. The topological polar surface area (TPSA) is 49.0 Å². The van der Waals surface area contributed by atoms with Gasteiger partial charge >= 0.3 is 0 Å². The van der Waals surface area contributed by atoms with Crippen LogP contribution in [0, 0.1) is 5.82 Å². The van der Waals surface area contributed by atoms with E-state index in [9.17, 15) is 9.18 Å². The third kappa shape index (κ3) is 3.23. The van der Waals surface area contributed by atoms with Gasteiger partial charge in [-0.25, -0.2) is 4.39 Å². The Hall–Kier alpha value is -2.69. The fourth-order valence-electron chi connectivity index (χ4n) is 2.55. The van der Waals surface area contributed by atoms with E-state index in [1.165, 1.54) is 12.1 Å². The normalized spacial score (nSPS) is 11.1. The smallest absolute Gasteiger partial charge is 0.270 e. The van der Waals surface area contributed by atoms with E-state index in [1.807, 2.05) is 26.0 Å². The number of hydrogen-bond acceptors (Lipinski definition) is 2. The Morgan fingerprint density at radius 3 is 2.83 bits per heavy atom. The van der Waals surface area contributed by atoms with Crippen LogP contribution in [0.15, 0.2) is 48.8 Å². The van der Waals surface area contributed by atoms with Crippen molar-refractivity contribution in [3.05, 3.63) is 65.9 Å². The van der Waals surface area contributed by atoms with Crippen molar-refractivity contribution in [2.24, 2.45) is 0 Å². The number of aromatic nitrogens is 2. The maximum absolute atomic E-state index is 13.3. The number of carbonyl (C=O) groups excluding carboxylic acids is 1. The quantitative estimate of drug-likeness (QED) is 0.797. The molecule has 0 radical (unpaired) electrons. The molecule has 4 nitrogen and oxygen atoms in total. The molecule has 1 aromatic carbocycles. The first-order valence-corrected chi connectivity index (χ1v) is 7.53. The van der Waals surface area contributed by atoms with Crippen LogP contribution in [0.3, 0.4) is 0 Å². The van der Waals surface area contributed by atoms with E-state index in [4.69, 9.17) is 0 Å².